The molecule has 0 amide bonds. The molecule has 3 rings (SSSR count). The minimum absolute atomic E-state index is 0.683. The van der Waals surface area contributed by atoms with Gasteiger partial charge < -0.3 is 4.57 Å². The summed E-state index contributed by atoms with van der Waals surface area (Å²) >= 11 is 7.75. The van der Waals surface area contributed by atoms with Crippen molar-refractivity contribution in [3.8, 4) is 22.3 Å². The first-order valence-corrected chi connectivity index (χ1v) is 9.93. The van der Waals surface area contributed by atoms with Gasteiger partial charge in [-0.25, -0.2) is 0 Å². The highest BCUT2D eigenvalue weighted by molar-refractivity contribution is 7.99. The number of pyridine rings is 1. The number of nitrogens with zero attached hydrogens (tertiary/aromatic N) is 1. The number of hydrogen-bond donors (Lipinski definition) is 0. The van der Waals surface area contributed by atoms with Crippen molar-refractivity contribution in [1.29, 1.82) is 0 Å². The topological polar surface area (TPSA) is 4.93 Å². The van der Waals surface area contributed by atoms with Crippen molar-refractivity contribution < 1.29 is 0 Å². The maximum atomic E-state index is 5.84. The Morgan fingerprint density at radius 1 is 0.920 bits per heavy atom. The Kier molecular flexibility index (Phi) is 5.77. The molecule has 0 atom stereocenters. The quantitative estimate of drug-likeness (QED) is 0.360. The van der Waals surface area contributed by atoms with Crippen molar-refractivity contribution >= 4 is 24.0 Å². The molecule has 0 aliphatic rings. The standard InChI is InChI=1S/C22H23NS2/c1-16(2)15-25-19-11-7-10-18(12-19)21-14-23(3)13-20(22(21)24)17-8-5-4-6-9-17/h4-14,16H,15H2,1-3H3. The van der Waals surface area contributed by atoms with Gasteiger partial charge in [0.2, 0.25) is 0 Å². The third kappa shape index (κ3) is 4.42. The lowest BCUT2D eigenvalue weighted by molar-refractivity contribution is 0.750. The summed E-state index contributed by atoms with van der Waals surface area (Å²) in [6.07, 6.45) is 4.24. The molecule has 1 heterocycles. The van der Waals surface area contributed by atoms with Gasteiger partial charge in [-0.05, 0) is 29.2 Å². The number of benzene rings is 2. The monoisotopic (exact) mass is 365 g/mol. The van der Waals surface area contributed by atoms with Crippen LogP contribution in [0.4, 0.5) is 0 Å². The van der Waals surface area contributed by atoms with E-state index in [2.05, 4.69) is 86.4 Å². The van der Waals surface area contributed by atoms with Gasteiger partial charge in [-0.2, -0.15) is 0 Å². The van der Waals surface area contributed by atoms with E-state index >= 15 is 0 Å². The van der Waals surface area contributed by atoms with Crippen LogP contribution in [0.3, 0.4) is 0 Å². The summed E-state index contributed by atoms with van der Waals surface area (Å²) in [7, 11) is 2.06. The summed E-state index contributed by atoms with van der Waals surface area (Å²) in [5.74, 6) is 1.81. The van der Waals surface area contributed by atoms with Gasteiger partial charge in [-0.3, -0.25) is 0 Å². The molecule has 0 bridgehead atoms. The summed E-state index contributed by atoms with van der Waals surface area (Å²) in [5, 5.41) is 0. The Labute approximate surface area is 159 Å². The van der Waals surface area contributed by atoms with Crippen molar-refractivity contribution in [3.63, 3.8) is 0 Å². The second-order valence-corrected chi connectivity index (χ2v) is 8.18. The van der Waals surface area contributed by atoms with Gasteiger partial charge in [0.15, 0.2) is 0 Å². The Morgan fingerprint density at radius 3 is 2.24 bits per heavy atom. The van der Waals surface area contributed by atoms with Crippen LogP contribution >= 0.6 is 24.0 Å². The predicted octanol–water partition coefficient (Wildman–Crippen LogP) is 6.84. The molecular formula is C22H23NS2. The maximum absolute atomic E-state index is 5.84. The van der Waals surface area contributed by atoms with E-state index in [9.17, 15) is 0 Å². The van der Waals surface area contributed by atoms with E-state index in [0.717, 1.165) is 27.0 Å². The first-order chi connectivity index (χ1) is 12.0. The first kappa shape index (κ1) is 18.0. The van der Waals surface area contributed by atoms with E-state index in [1.165, 1.54) is 10.5 Å². The van der Waals surface area contributed by atoms with Crippen LogP contribution in [0.1, 0.15) is 13.8 Å². The molecule has 128 valence electrons. The van der Waals surface area contributed by atoms with Crippen molar-refractivity contribution in [2.75, 3.05) is 5.75 Å². The Morgan fingerprint density at radius 2 is 1.56 bits per heavy atom. The van der Waals surface area contributed by atoms with Gasteiger partial charge in [0.25, 0.3) is 0 Å². The van der Waals surface area contributed by atoms with E-state index in [1.807, 2.05) is 17.8 Å². The zero-order chi connectivity index (χ0) is 17.8. The molecule has 0 aliphatic carbocycles. The van der Waals surface area contributed by atoms with Crippen LogP contribution in [0.2, 0.25) is 0 Å². The fraction of sp³-hybridized carbons (Fsp3) is 0.227. The fourth-order valence-electron chi connectivity index (χ4n) is 2.75. The minimum Gasteiger partial charge on any atom is -0.356 e. The van der Waals surface area contributed by atoms with Crippen LogP contribution in [-0.4, -0.2) is 10.3 Å². The largest absolute Gasteiger partial charge is 0.356 e. The molecule has 0 aliphatic heterocycles. The third-order valence-corrected chi connectivity index (χ3v) is 5.83. The Balaban J connectivity index is 2.05. The molecule has 0 fully saturated rings. The predicted molar refractivity (Wildman–Crippen MR) is 113 cm³/mol. The van der Waals surface area contributed by atoms with Gasteiger partial charge in [-0.1, -0.05) is 68.5 Å². The van der Waals surface area contributed by atoms with E-state index in [-0.39, 0.29) is 0 Å². The molecule has 3 aromatic rings. The summed E-state index contributed by atoms with van der Waals surface area (Å²) in [4.78, 5) is 1.30. The molecule has 25 heavy (non-hydrogen) atoms. The van der Waals surface area contributed by atoms with Crippen LogP contribution in [-0.2, 0) is 7.05 Å². The number of aryl methyl sites for hydroxylation is 1. The number of thioether (sulfide) groups is 1. The van der Waals surface area contributed by atoms with Crippen LogP contribution in [0, 0.1) is 10.4 Å². The van der Waals surface area contributed by atoms with Crippen molar-refractivity contribution in [3.05, 3.63) is 71.5 Å². The van der Waals surface area contributed by atoms with E-state index in [1.54, 1.807) is 0 Å². The third-order valence-electron chi connectivity index (χ3n) is 3.97. The van der Waals surface area contributed by atoms with E-state index in [4.69, 9.17) is 12.2 Å². The van der Waals surface area contributed by atoms with Crippen LogP contribution < -0.4 is 0 Å². The second-order valence-electron chi connectivity index (χ2n) is 6.68. The SMILES string of the molecule is CC(C)CSc1cccc(-c2cn(C)cc(-c3ccccc3)c2=S)c1. The second kappa shape index (κ2) is 8.03. The van der Waals surface area contributed by atoms with Crippen molar-refractivity contribution in [2.24, 2.45) is 13.0 Å². The first-order valence-electron chi connectivity index (χ1n) is 8.53. The summed E-state index contributed by atoms with van der Waals surface area (Å²) in [5.41, 5.74) is 4.57. The highest BCUT2D eigenvalue weighted by Crippen LogP contribution is 2.31. The maximum Gasteiger partial charge on any atom is 0.0563 e. The Bertz CT molecular complexity index is 911. The molecule has 0 saturated heterocycles. The van der Waals surface area contributed by atoms with Gasteiger partial charge in [-0.15, -0.1) is 11.8 Å². The van der Waals surface area contributed by atoms with Gasteiger partial charge >= 0.3 is 0 Å². The molecule has 0 N–H and O–H groups in total. The zero-order valence-corrected chi connectivity index (χ0v) is 16.5. The molecule has 0 saturated carbocycles. The summed E-state index contributed by atoms with van der Waals surface area (Å²) in [6.45, 7) is 4.50. The van der Waals surface area contributed by atoms with Gasteiger partial charge in [0, 0.05) is 41.2 Å². The number of aromatic nitrogens is 1. The highest BCUT2D eigenvalue weighted by Gasteiger charge is 2.09. The van der Waals surface area contributed by atoms with Crippen molar-refractivity contribution in [1.82, 2.24) is 4.57 Å². The lowest BCUT2D eigenvalue weighted by atomic mass is 10.0. The average Bonchev–Trinajstić information content (AvgIpc) is 2.62. The molecule has 0 unspecified atom stereocenters. The minimum atomic E-state index is 0.683. The summed E-state index contributed by atoms with van der Waals surface area (Å²) in [6, 6.07) is 19.1. The molecule has 0 radical (unpaired) electrons. The zero-order valence-electron chi connectivity index (χ0n) is 14.9. The lowest BCUT2D eigenvalue weighted by Crippen LogP contribution is -1.95. The molecule has 1 aromatic heterocycles. The number of rotatable bonds is 5. The molecule has 2 aromatic carbocycles. The normalized spacial score (nSPS) is 11.0. The molecule has 0 spiro atoms. The molecule has 1 nitrogen and oxygen atoms in total. The van der Waals surface area contributed by atoms with E-state index < -0.39 is 0 Å². The smallest absolute Gasteiger partial charge is 0.0563 e. The molecule has 3 heteroatoms. The Hall–Kier alpha value is -1.84. The van der Waals surface area contributed by atoms with Crippen LogP contribution in [0.25, 0.3) is 22.3 Å². The molecular weight excluding hydrogens is 342 g/mol. The van der Waals surface area contributed by atoms with E-state index in [0.29, 0.717) is 5.92 Å². The van der Waals surface area contributed by atoms with Crippen LogP contribution in [0.15, 0.2) is 71.9 Å². The van der Waals surface area contributed by atoms with Crippen LogP contribution in [0.5, 0.6) is 0 Å². The summed E-state index contributed by atoms with van der Waals surface area (Å²) < 4.78 is 3.01. The number of hydrogen-bond acceptors (Lipinski definition) is 2. The van der Waals surface area contributed by atoms with Gasteiger partial charge in [0.1, 0.15) is 0 Å². The highest BCUT2D eigenvalue weighted by atomic mass is 32.2. The lowest BCUT2D eigenvalue weighted by Gasteiger charge is -2.12. The average molecular weight is 366 g/mol. The van der Waals surface area contributed by atoms with Crippen molar-refractivity contribution in [2.45, 2.75) is 18.7 Å². The van der Waals surface area contributed by atoms with Gasteiger partial charge in [0.05, 0.1) is 4.51 Å². The fourth-order valence-corrected chi connectivity index (χ4v) is 4.00.